The number of halogens is 2. The Bertz CT molecular complexity index is 688. The maximum Gasteiger partial charge on any atom is 0.513 e. The molecule has 0 saturated heterocycles. The molecule has 116 valence electrons. The standard InChI is InChI=1S/C16H14BrClO4/c1-10-6-7-11(8-14(10)18)21-9-12-13(17)4-3-5-15(12)22-16(19)20-2/h3-8H,9H2,1-2H3. The van der Waals surface area contributed by atoms with Crippen molar-refractivity contribution in [3.8, 4) is 11.5 Å². The first-order chi connectivity index (χ1) is 10.5. The highest BCUT2D eigenvalue weighted by Gasteiger charge is 2.13. The zero-order valence-electron chi connectivity index (χ0n) is 12.1. The summed E-state index contributed by atoms with van der Waals surface area (Å²) in [5.41, 5.74) is 1.68. The number of hydrogen-bond donors (Lipinski definition) is 0. The van der Waals surface area contributed by atoms with Crippen molar-refractivity contribution in [3.05, 3.63) is 57.0 Å². The lowest BCUT2D eigenvalue weighted by Crippen LogP contribution is -2.10. The number of aryl methyl sites for hydroxylation is 1. The van der Waals surface area contributed by atoms with Gasteiger partial charge in [0.25, 0.3) is 0 Å². The van der Waals surface area contributed by atoms with Crippen LogP contribution in [0.2, 0.25) is 5.02 Å². The van der Waals surface area contributed by atoms with Crippen LogP contribution in [0.1, 0.15) is 11.1 Å². The van der Waals surface area contributed by atoms with Crippen LogP contribution in [0.4, 0.5) is 4.79 Å². The average molecular weight is 386 g/mol. The molecule has 0 aliphatic heterocycles. The second-order valence-corrected chi connectivity index (χ2v) is 5.73. The Morgan fingerprint density at radius 2 is 2.05 bits per heavy atom. The number of methoxy groups -OCH3 is 1. The quantitative estimate of drug-likeness (QED) is 0.540. The monoisotopic (exact) mass is 384 g/mol. The predicted octanol–water partition coefficient (Wildman–Crippen LogP) is 5.14. The normalized spacial score (nSPS) is 10.2. The van der Waals surface area contributed by atoms with Crippen molar-refractivity contribution in [2.75, 3.05) is 7.11 Å². The summed E-state index contributed by atoms with van der Waals surface area (Å²) in [5, 5.41) is 0.635. The summed E-state index contributed by atoms with van der Waals surface area (Å²) < 4.78 is 16.1. The second-order valence-electron chi connectivity index (χ2n) is 4.47. The van der Waals surface area contributed by atoms with E-state index in [9.17, 15) is 4.79 Å². The van der Waals surface area contributed by atoms with E-state index in [-0.39, 0.29) is 6.61 Å². The van der Waals surface area contributed by atoms with Gasteiger partial charge in [-0.15, -0.1) is 0 Å². The Kier molecular flexibility index (Phi) is 5.69. The van der Waals surface area contributed by atoms with Gasteiger partial charge in [0.15, 0.2) is 0 Å². The zero-order valence-corrected chi connectivity index (χ0v) is 14.4. The molecule has 2 aromatic rings. The van der Waals surface area contributed by atoms with Crippen LogP contribution in [-0.4, -0.2) is 13.3 Å². The molecule has 0 unspecified atom stereocenters. The Morgan fingerprint density at radius 3 is 2.73 bits per heavy atom. The lowest BCUT2D eigenvalue weighted by molar-refractivity contribution is 0.120. The minimum Gasteiger partial charge on any atom is -0.489 e. The summed E-state index contributed by atoms with van der Waals surface area (Å²) in [6.45, 7) is 2.13. The van der Waals surface area contributed by atoms with Crippen LogP contribution in [0.3, 0.4) is 0 Å². The molecule has 2 aromatic carbocycles. The van der Waals surface area contributed by atoms with Crippen molar-refractivity contribution < 1.29 is 19.0 Å². The first kappa shape index (κ1) is 16.6. The minimum absolute atomic E-state index is 0.215. The SMILES string of the molecule is COC(=O)Oc1cccc(Br)c1COc1ccc(C)c(Cl)c1. The summed E-state index contributed by atoms with van der Waals surface area (Å²) >= 11 is 9.49. The van der Waals surface area contributed by atoms with Crippen molar-refractivity contribution in [2.24, 2.45) is 0 Å². The fourth-order valence-electron chi connectivity index (χ4n) is 1.72. The number of ether oxygens (including phenoxy) is 3. The third kappa shape index (κ3) is 4.15. The smallest absolute Gasteiger partial charge is 0.489 e. The topological polar surface area (TPSA) is 44.8 Å². The fraction of sp³-hybridized carbons (Fsp3) is 0.188. The lowest BCUT2D eigenvalue weighted by atomic mass is 10.2. The van der Waals surface area contributed by atoms with Gasteiger partial charge in [0, 0.05) is 15.1 Å². The molecule has 0 N–H and O–H groups in total. The van der Waals surface area contributed by atoms with Crippen molar-refractivity contribution in [1.29, 1.82) is 0 Å². The zero-order chi connectivity index (χ0) is 16.1. The lowest BCUT2D eigenvalue weighted by Gasteiger charge is -2.13. The van der Waals surface area contributed by atoms with Crippen molar-refractivity contribution in [1.82, 2.24) is 0 Å². The minimum atomic E-state index is -0.780. The molecule has 4 nitrogen and oxygen atoms in total. The van der Waals surface area contributed by atoms with Crippen molar-refractivity contribution in [2.45, 2.75) is 13.5 Å². The summed E-state index contributed by atoms with van der Waals surface area (Å²) in [4.78, 5) is 11.3. The van der Waals surface area contributed by atoms with Gasteiger partial charge in [0.1, 0.15) is 18.1 Å². The van der Waals surface area contributed by atoms with Gasteiger partial charge in [-0.1, -0.05) is 39.7 Å². The molecule has 2 rings (SSSR count). The van der Waals surface area contributed by atoms with E-state index in [1.165, 1.54) is 7.11 Å². The average Bonchev–Trinajstić information content (AvgIpc) is 2.50. The van der Waals surface area contributed by atoms with E-state index in [4.69, 9.17) is 21.1 Å². The molecule has 0 atom stereocenters. The molecule has 0 saturated carbocycles. The van der Waals surface area contributed by atoms with Crippen LogP contribution in [-0.2, 0) is 11.3 Å². The van der Waals surface area contributed by atoms with E-state index in [0.29, 0.717) is 22.1 Å². The Hall–Kier alpha value is -1.72. The van der Waals surface area contributed by atoms with Crippen LogP contribution < -0.4 is 9.47 Å². The summed E-state index contributed by atoms with van der Waals surface area (Å²) in [6, 6.07) is 10.7. The van der Waals surface area contributed by atoms with Crippen LogP contribution >= 0.6 is 27.5 Å². The van der Waals surface area contributed by atoms with E-state index >= 15 is 0 Å². The van der Waals surface area contributed by atoms with E-state index in [1.807, 2.05) is 25.1 Å². The van der Waals surface area contributed by atoms with Gasteiger partial charge in [-0.2, -0.15) is 0 Å². The summed E-state index contributed by atoms with van der Waals surface area (Å²) in [7, 11) is 1.25. The second kappa shape index (κ2) is 7.51. The number of hydrogen-bond acceptors (Lipinski definition) is 4. The molecule has 0 fully saturated rings. The van der Waals surface area contributed by atoms with Gasteiger partial charge in [0.05, 0.1) is 7.11 Å². The van der Waals surface area contributed by atoms with Gasteiger partial charge < -0.3 is 14.2 Å². The highest BCUT2D eigenvalue weighted by Crippen LogP contribution is 2.29. The van der Waals surface area contributed by atoms with Crippen molar-refractivity contribution in [3.63, 3.8) is 0 Å². The largest absolute Gasteiger partial charge is 0.513 e. The molecule has 0 heterocycles. The molecule has 0 aliphatic carbocycles. The van der Waals surface area contributed by atoms with Gasteiger partial charge in [-0.25, -0.2) is 4.79 Å². The number of carbonyl (C=O) groups excluding carboxylic acids is 1. The molecular weight excluding hydrogens is 372 g/mol. The van der Waals surface area contributed by atoms with Crippen LogP contribution in [0.25, 0.3) is 0 Å². The van der Waals surface area contributed by atoms with Crippen LogP contribution in [0.5, 0.6) is 11.5 Å². The molecule has 0 aliphatic rings. The van der Waals surface area contributed by atoms with Crippen LogP contribution in [0.15, 0.2) is 40.9 Å². The molecular formula is C16H14BrClO4. The molecule has 0 bridgehead atoms. The Labute approximate surface area is 142 Å². The van der Waals surface area contributed by atoms with Crippen molar-refractivity contribution >= 4 is 33.7 Å². The Morgan fingerprint density at radius 1 is 1.27 bits per heavy atom. The fourth-order valence-corrected chi connectivity index (χ4v) is 2.36. The molecule has 22 heavy (non-hydrogen) atoms. The maximum atomic E-state index is 11.3. The molecule has 0 radical (unpaired) electrons. The maximum absolute atomic E-state index is 11.3. The van der Waals surface area contributed by atoms with Gasteiger partial charge in [0.2, 0.25) is 0 Å². The summed E-state index contributed by atoms with van der Waals surface area (Å²) in [6.07, 6.45) is -0.780. The highest BCUT2D eigenvalue weighted by atomic mass is 79.9. The predicted molar refractivity (Wildman–Crippen MR) is 87.7 cm³/mol. The third-order valence-electron chi connectivity index (χ3n) is 2.96. The first-order valence-corrected chi connectivity index (χ1v) is 7.60. The van der Waals surface area contributed by atoms with Crippen LogP contribution in [0, 0.1) is 6.92 Å². The van der Waals surface area contributed by atoms with E-state index in [0.717, 1.165) is 10.0 Å². The summed E-state index contributed by atoms with van der Waals surface area (Å²) in [5.74, 6) is 1.01. The molecule has 0 spiro atoms. The highest BCUT2D eigenvalue weighted by molar-refractivity contribution is 9.10. The third-order valence-corrected chi connectivity index (χ3v) is 4.11. The van der Waals surface area contributed by atoms with E-state index < -0.39 is 6.16 Å². The Balaban J connectivity index is 2.17. The number of benzene rings is 2. The first-order valence-electron chi connectivity index (χ1n) is 6.43. The molecule has 6 heteroatoms. The number of rotatable bonds is 4. The van der Waals surface area contributed by atoms with Gasteiger partial charge in [-0.05, 0) is 36.8 Å². The van der Waals surface area contributed by atoms with E-state index in [2.05, 4.69) is 20.7 Å². The number of carbonyl (C=O) groups is 1. The molecule has 0 aromatic heterocycles. The van der Waals surface area contributed by atoms with Gasteiger partial charge in [-0.3, -0.25) is 0 Å². The van der Waals surface area contributed by atoms with Gasteiger partial charge >= 0.3 is 6.16 Å². The van der Waals surface area contributed by atoms with E-state index in [1.54, 1.807) is 18.2 Å². The molecule has 0 amide bonds.